The Morgan fingerprint density at radius 3 is 2.53 bits per heavy atom. The molecule has 1 fully saturated rings. The van der Waals surface area contributed by atoms with Crippen molar-refractivity contribution in [1.82, 2.24) is 4.90 Å². The maximum Gasteiger partial charge on any atom is 0.407 e. The molecule has 5 nitrogen and oxygen atoms in total. The molecule has 0 spiro atoms. The van der Waals surface area contributed by atoms with Gasteiger partial charge in [0.15, 0.2) is 0 Å². The molecule has 1 amide bonds. The summed E-state index contributed by atoms with van der Waals surface area (Å²) in [4.78, 5) is 12.5. The largest absolute Gasteiger partial charge is 0.465 e. The fourth-order valence-corrected chi connectivity index (χ4v) is 2.04. The minimum absolute atomic E-state index is 0.123. The van der Waals surface area contributed by atoms with Gasteiger partial charge in [-0.1, -0.05) is 0 Å². The van der Waals surface area contributed by atoms with Crippen LogP contribution in [0.3, 0.4) is 0 Å². The van der Waals surface area contributed by atoms with Crippen molar-refractivity contribution >= 4 is 6.09 Å². The van der Waals surface area contributed by atoms with Gasteiger partial charge in [0.25, 0.3) is 0 Å². The summed E-state index contributed by atoms with van der Waals surface area (Å²) in [5.41, 5.74) is 5.78. The number of rotatable bonds is 4. The number of nitrogens with two attached hydrogens (primary N) is 1. The number of hydrogen-bond donors (Lipinski definition) is 2. The predicted molar refractivity (Wildman–Crippen MR) is 56.8 cm³/mol. The smallest absolute Gasteiger partial charge is 0.407 e. The molecule has 0 unspecified atom stereocenters. The van der Waals surface area contributed by atoms with Gasteiger partial charge < -0.3 is 20.5 Å². The molecule has 15 heavy (non-hydrogen) atoms. The van der Waals surface area contributed by atoms with Crippen molar-refractivity contribution in [3.8, 4) is 0 Å². The molecule has 0 aromatic heterocycles. The van der Waals surface area contributed by atoms with Crippen molar-refractivity contribution in [1.29, 1.82) is 0 Å². The van der Waals surface area contributed by atoms with Crippen LogP contribution in [-0.2, 0) is 4.74 Å². The van der Waals surface area contributed by atoms with Crippen LogP contribution >= 0.6 is 0 Å². The third-order valence-corrected chi connectivity index (χ3v) is 2.96. The Morgan fingerprint density at radius 1 is 1.47 bits per heavy atom. The van der Waals surface area contributed by atoms with E-state index in [4.69, 9.17) is 15.6 Å². The molecule has 1 aliphatic carbocycles. The molecule has 1 saturated carbocycles. The quantitative estimate of drug-likeness (QED) is 0.731. The van der Waals surface area contributed by atoms with Gasteiger partial charge in [0.05, 0.1) is 6.61 Å². The van der Waals surface area contributed by atoms with Gasteiger partial charge in [-0.3, -0.25) is 0 Å². The molecular weight excluding hydrogens is 196 g/mol. The van der Waals surface area contributed by atoms with Crippen molar-refractivity contribution < 1.29 is 14.6 Å². The summed E-state index contributed by atoms with van der Waals surface area (Å²) in [7, 11) is 1.58. The van der Waals surface area contributed by atoms with Gasteiger partial charge in [0.2, 0.25) is 0 Å². The molecule has 0 aromatic rings. The molecule has 88 valence electrons. The van der Waals surface area contributed by atoms with E-state index in [1.165, 1.54) is 4.90 Å². The molecule has 0 aromatic carbocycles. The zero-order valence-corrected chi connectivity index (χ0v) is 9.19. The van der Waals surface area contributed by atoms with Crippen LogP contribution < -0.4 is 5.73 Å². The first-order valence-electron chi connectivity index (χ1n) is 5.39. The van der Waals surface area contributed by atoms with E-state index < -0.39 is 6.09 Å². The molecule has 0 radical (unpaired) electrons. The number of ether oxygens (including phenoxy) is 1. The van der Waals surface area contributed by atoms with Crippen LogP contribution in [0.4, 0.5) is 4.79 Å². The molecule has 0 aliphatic heterocycles. The normalized spacial score (nSPS) is 26.3. The monoisotopic (exact) mass is 216 g/mol. The van der Waals surface area contributed by atoms with E-state index in [2.05, 4.69) is 0 Å². The lowest BCUT2D eigenvalue weighted by Crippen LogP contribution is -2.45. The summed E-state index contributed by atoms with van der Waals surface area (Å²) in [6, 6.07) is 0.372. The van der Waals surface area contributed by atoms with E-state index in [0.717, 1.165) is 25.7 Å². The van der Waals surface area contributed by atoms with Gasteiger partial charge in [-0.2, -0.15) is 0 Å². The topological polar surface area (TPSA) is 75.8 Å². The Labute approximate surface area is 90.2 Å². The summed E-state index contributed by atoms with van der Waals surface area (Å²) in [6.45, 7) is 0.903. The first kappa shape index (κ1) is 12.3. The molecular formula is C10H20N2O3. The summed E-state index contributed by atoms with van der Waals surface area (Å²) < 4.78 is 4.90. The van der Waals surface area contributed by atoms with Crippen molar-refractivity contribution in [2.45, 2.75) is 37.8 Å². The first-order chi connectivity index (χ1) is 7.15. The van der Waals surface area contributed by atoms with E-state index in [1.54, 1.807) is 7.11 Å². The average Bonchev–Trinajstić information content (AvgIpc) is 2.21. The molecule has 5 heteroatoms. The number of carbonyl (C=O) groups is 1. The first-order valence-corrected chi connectivity index (χ1v) is 5.39. The Kier molecular flexibility index (Phi) is 4.84. The number of nitrogens with zero attached hydrogens (tertiary/aromatic N) is 1. The second-order valence-corrected chi connectivity index (χ2v) is 4.04. The second-order valence-electron chi connectivity index (χ2n) is 4.04. The van der Waals surface area contributed by atoms with Crippen LogP contribution in [0.5, 0.6) is 0 Å². The molecule has 1 rings (SSSR count). The minimum atomic E-state index is -0.854. The summed E-state index contributed by atoms with van der Waals surface area (Å²) in [5, 5.41) is 9.06. The predicted octanol–water partition coefficient (Wildman–Crippen LogP) is 0.883. The van der Waals surface area contributed by atoms with Crippen LogP contribution in [0.25, 0.3) is 0 Å². The highest BCUT2D eigenvalue weighted by molar-refractivity contribution is 5.65. The molecule has 1 aliphatic rings. The molecule has 0 atom stereocenters. The number of hydrogen-bond acceptors (Lipinski definition) is 3. The third kappa shape index (κ3) is 3.68. The summed E-state index contributed by atoms with van der Waals surface area (Å²) in [6.07, 6.45) is 2.73. The standard InChI is InChI=1S/C10H20N2O3/c1-15-7-6-12(10(13)14)9-4-2-8(11)3-5-9/h8-9H,2-7,11H2,1H3,(H,13,14). The van der Waals surface area contributed by atoms with E-state index in [-0.39, 0.29) is 12.1 Å². The van der Waals surface area contributed by atoms with Crippen molar-refractivity contribution in [2.24, 2.45) is 5.73 Å². The van der Waals surface area contributed by atoms with E-state index in [9.17, 15) is 4.79 Å². The fraction of sp³-hybridized carbons (Fsp3) is 0.900. The fourth-order valence-electron chi connectivity index (χ4n) is 2.04. The lowest BCUT2D eigenvalue weighted by Gasteiger charge is -2.34. The minimum Gasteiger partial charge on any atom is -0.465 e. The average molecular weight is 216 g/mol. The van der Waals surface area contributed by atoms with Gasteiger partial charge in [0, 0.05) is 25.7 Å². The molecule has 0 heterocycles. The zero-order valence-electron chi connectivity index (χ0n) is 9.19. The van der Waals surface area contributed by atoms with E-state index >= 15 is 0 Å². The Balaban J connectivity index is 2.44. The van der Waals surface area contributed by atoms with Gasteiger partial charge in [-0.15, -0.1) is 0 Å². The SMILES string of the molecule is COCCN(C(=O)O)C1CCC(N)CC1. The lowest BCUT2D eigenvalue weighted by atomic mass is 9.91. The third-order valence-electron chi connectivity index (χ3n) is 2.96. The number of amides is 1. The van der Waals surface area contributed by atoms with Crippen molar-refractivity contribution in [3.05, 3.63) is 0 Å². The second kappa shape index (κ2) is 5.92. The van der Waals surface area contributed by atoms with Gasteiger partial charge in [-0.25, -0.2) is 4.79 Å². The maximum atomic E-state index is 11.0. The van der Waals surface area contributed by atoms with Crippen LogP contribution in [0.2, 0.25) is 0 Å². The van der Waals surface area contributed by atoms with Crippen LogP contribution in [-0.4, -0.2) is 48.4 Å². The number of methoxy groups -OCH3 is 1. The highest BCUT2D eigenvalue weighted by Crippen LogP contribution is 2.22. The lowest BCUT2D eigenvalue weighted by molar-refractivity contribution is 0.0847. The highest BCUT2D eigenvalue weighted by Gasteiger charge is 2.26. The molecule has 0 saturated heterocycles. The van der Waals surface area contributed by atoms with E-state index in [1.807, 2.05) is 0 Å². The van der Waals surface area contributed by atoms with Gasteiger partial charge >= 0.3 is 6.09 Å². The Bertz CT molecular complexity index is 203. The van der Waals surface area contributed by atoms with Crippen LogP contribution in [0.15, 0.2) is 0 Å². The Morgan fingerprint density at radius 2 is 2.07 bits per heavy atom. The highest BCUT2D eigenvalue weighted by atomic mass is 16.5. The summed E-state index contributed by atoms with van der Waals surface area (Å²) >= 11 is 0. The molecule has 3 N–H and O–H groups in total. The van der Waals surface area contributed by atoms with Gasteiger partial charge in [0.1, 0.15) is 0 Å². The Hall–Kier alpha value is -0.810. The van der Waals surface area contributed by atoms with Crippen LogP contribution in [0.1, 0.15) is 25.7 Å². The zero-order chi connectivity index (χ0) is 11.3. The molecule has 0 bridgehead atoms. The van der Waals surface area contributed by atoms with Gasteiger partial charge in [-0.05, 0) is 25.7 Å². The van der Waals surface area contributed by atoms with E-state index in [0.29, 0.717) is 13.2 Å². The number of carboxylic acid groups (broad SMARTS) is 1. The van der Waals surface area contributed by atoms with Crippen molar-refractivity contribution in [2.75, 3.05) is 20.3 Å². The van der Waals surface area contributed by atoms with Crippen LogP contribution in [0, 0.1) is 0 Å². The summed E-state index contributed by atoms with van der Waals surface area (Å²) in [5.74, 6) is 0. The van der Waals surface area contributed by atoms with Crippen molar-refractivity contribution in [3.63, 3.8) is 0 Å². The maximum absolute atomic E-state index is 11.0.